The van der Waals surface area contributed by atoms with Gasteiger partial charge in [-0.3, -0.25) is 19.2 Å². The van der Waals surface area contributed by atoms with Gasteiger partial charge in [0.25, 0.3) is 0 Å². The zero-order valence-corrected chi connectivity index (χ0v) is 15.2. The lowest BCUT2D eigenvalue weighted by atomic mass is 10.1. The molecule has 2 aromatic carbocycles. The van der Waals surface area contributed by atoms with Crippen molar-refractivity contribution in [3.8, 4) is 0 Å². The predicted molar refractivity (Wildman–Crippen MR) is 102 cm³/mol. The van der Waals surface area contributed by atoms with Crippen molar-refractivity contribution >= 4 is 34.8 Å². The number of anilines is 2. The van der Waals surface area contributed by atoms with Gasteiger partial charge in [0, 0.05) is 35.5 Å². The molecule has 1 unspecified atom stereocenters. The molecule has 1 saturated heterocycles. The number of nitrogens with one attached hydrogen (secondary N) is 1. The van der Waals surface area contributed by atoms with E-state index in [1.54, 1.807) is 53.4 Å². The summed E-state index contributed by atoms with van der Waals surface area (Å²) in [6.45, 7) is 3.25. The molecule has 1 heterocycles. The summed E-state index contributed by atoms with van der Waals surface area (Å²) in [5, 5.41) is 2.79. The molecule has 2 amide bonds. The fourth-order valence-electron chi connectivity index (χ4n) is 3.04. The fourth-order valence-corrected chi connectivity index (χ4v) is 3.04. The minimum Gasteiger partial charge on any atom is -0.326 e. The van der Waals surface area contributed by atoms with E-state index in [0.717, 1.165) is 0 Å². The number of hydrogen-bond donors (Lipinski definition) is 1. The van der Waals surface area contributed by atoms with Crippen LogP contribution in [0.25, 0.3) is 0 Å². The summed E-state index contributed by atoms with van der Waals surface area (Å²) in [6, 6.07) is 13.4. The van der Waals surface area contributed by atoms with Gasteiger partial charge < -0.3 is 10.2 Å². The van der Waals surface area contributed by atoms with Crippen molar-refractivity contribution in [1.82, 2.24) is 0 Å². The van der Waals surface area contributed by atoms with Crippen LogP contribution in [0.5, 0.6) is 0 Å². The van der Waals surface area contributed by atoms with Gasteiger partial charge in [-0.05, 0) is 62.4 Å². The van der Waals surface area contributed by atoms with Crippen LogP contribution in [0, 0.1) is 5.92 Å². The predicted octanol–water partition coefficient (Wildman–Crippen LogP) is 3.08. The van der Waals surface area contributed by atoms with E-state index in [9.17, 15) is 19.2 Å². The van der Waals surface area contributed by atoms with Gasteiger partial charge in [0.1, 0.15) is 0 Å². The average molecular weight is 364 g/mol. The van der Waals surface area contributed by atoms with Crippen LogP contribution in [-0.2, 0) is 9.59 Å². The molecule has 1 aliphatic rings. The van der Waals surface area contributed by atoms with Gasteiger partial charge in [-0.1, -0.05) is 0 Å². The first-order valence-corrected chi connectivity index (χ1v) is 8.68. The van der Waals surface area contributed by atoms with Gasteiger partial charge in [-0.2, -0.15) is 0 Å². The topological polar surface area (TPSA) is 83.6 Å². The molecular weight excluding hydrogens is 344 g/mol. The molecule has 1 N–H and O–H groups in total. The van der Waals surface area contributed by atoms with Crippen molar-refractivity contribution in [1.29, 1.82) is 0 Å². The summed E-state index contributed by atoms with van der Waals surface area (Å²) < 4.78 is 0. The normalized spacial score (nSPS) is 16.3. The molecule has 0 radical (unpaired) electrons. The Balaban J connectivity index is 1.66. The molecule has 3 rings (SSSR count). The SMILES string of the molecule is CC(=O)c1ccc(NC(=O)C2CC(=O)N(c3ccc(C(C)=O)cc3)C2)cc1. The molecule has 0 aliphatic carbocycles. The molecule has 6 nitrogen and oxygen atoms in total. The zero-order valence-electron chi connectivity index (χ0n) is 15.2. The third-order valence-corrected chi connectivity index (χ3v) is 4.64. The minimum atomic E-state index is -0.461. The molecule has 1 atom stereocenters. The van der Waals surface area contributed by atoms with Gasteiger partial charge in [-0.15, -0.1) is 0 Å². The number of carbonyl (C=O) groups is 4. The number of hydrogen-bond acceptors (Lipinski definition) is 4. The summed E-state index contributed by atoms with van der Waals surface area (Å²) in [4.78, 5) is 49.0. The van der Waals surface area contributed by atoms with Crippen LogP contribution < -0.4 is 10.2 Å². The lowest BCUT2D eigenvalue weighted by Crippen LogP contribution is -2.28. The average Bonchev–Trinajstić information content (AvgIpc) is 3.04. The third-order valence-electron chi connectivity index (χ3n) is 4.64. The van der Waals surface area contributed by atoms with Gasteiger partial charge in [0.15, 0.2) is 11.6 Å². The van der Waals surface area contributed by atoms with Crippen molar-refractivity contribution in [3.63, 3.8) is 0 Å². The van der Waals surface area contributed by atoms with E-state index in [4.69, 9.17) is 0 Å². The van der Waals surface area contributed by atoms with Crippen LogP contribution in [0.1, 0.15) is 41.0 Å². The largest absolute Gasteiger partial charge is 0.326 e. The summed E-state index contributed by atoms with van der Waals surface area (Å²) >= 11 is 0. The van der Waals surface area contributed by atoms with Crippen molar-refractivity contribution in [2.45, 2.75) is 20.3 Å². The van der Waals surface area contributed by atoms with Gasteiger partial charge in [0.05, 0.1) is 5.92 Å². The van der Waals surface area contributed by atoms with E-state index in [-0.39, 0.29) is 36.3 Å². The quantitative estimate of drug-likeness (QED) is 0.827. The van der Waals surface area contributed by atoms with Crippen LogP contribution in [0.4, 0.5) is 11.4 Å². The van der Waals surface area contributed by atoms with Crippen LogP contribution >= 0.6 is 0 Å². The van der Waals surface area contributed by atoms with Crippen LogP contribution in [0.2, 0.25) is 0 Å². The highest BCUT2D eigenvalue weighted by Gasteiger charge is 2.35. The molecule has 0 saturated carbocycles. The summed E-state index contributed by atoms with van der Waals surface area (Å²) in [5.74, 6) is -0.903. The number of benzene rings is 2. The maximum atomic E-state index is 12.5. The second kappa shape index (κ2) is 7.53. The smallest absolute Gasteiger partial charge is 0.229 e. The second-order valence-electron chi connectivity index (χ2n) is 6.63. The molecule has 138 valence electrons. The molecule has 27 heavy (non-hydrogen) atoms. The van der Waals surface area contributed by atoms with Gasteiger partial charge in [-0.25, -0.2) is 0 Å². The summed E-state index contributed by atoms with van der Waals surface area (Å²) in [6.07, 6.45) is 0.131. The molecule has 0 bridgehead atoms. The van der Waals surface area contributed by atoms with Crippen LogP contribution in [0.3, 0.4) is 0 Å². The maximum Gasteiger partial charge on any atom is 0.229 e. The Morgan fingerprint density at radius 3 is 1.93 bits per heavy atom. The molecule has 0 spiro atoms. The Hall–Kier alpha value is -3.28. The Labute approximate surface area is 157 Å². The van der Waals surface area contributed by atoms with Crippen molar-refractivity contribution < 1.29 is 19.2 Å². The fraction of sp³-hybridized carbons (Fsp3) is 0.238. The number of nitrogens with zero attached hydrogens (tertiary/aromatic N) is 1. The van der Waals surface area contributed by atoms with E-state index < -0.39 is 5.92 Å². The Bertz CT molecular complexity index is 901. The number of carbonyl (C=O) groups excluding carboxylic acids is 4. The van der Waals surface area contributed by atoms with Gasteiger partial charge in [0.2, 0.25) is 11.8 Å². The van der Waals surface area contributed by atoms with Crippen LogP contribution in [0.15, 0.2) is 48.5 Å². The van der Waals surface area contributed by atoms with E-state index in [0.29, 0.717) is 22.5 Å². The highest BCUT2D eigenvalue weighted by Crippen LogP contribution is 2.26. The van der Waals surface area contributed by atoms with E-state index in [2.05, 4.69) is 5.32 Å². The van der Waals surface area contributed by atoms with Crippen molar-refractivity contribution in [2.75, 3.05) is 16.8 Å². The first-order valence-electron chi connectivity index (χ1n) is 8.68. The third kappa shape index (κ3) is 4.11. The second-order valence-corrected chi connectivity index (χ2v) is 6.63. The maximum absolute atomic E-state index is 12.5. The van der Waals surface area contributed by atoms with Crippen LogP contribution in [-0.4, -0.2) is 29.9 Å². The Morgan fingerprint density at radius 1 is 0.889 bits per heavy atom. The molecular formula is C21H20N2O4. The Morgan fingerprint density at radius 2 is 1.41 bits per heavy atom. The highest BCUT2D eigenvalue weighted by molar-refractivity contribution is 6.04. The van der Waals surface area contributed by atoms with E-state index >= 15 is 0 Å². The molecule has 1 aliphatic heterocycles. The lowest BCUT2D eigenvalue weighted by molar-refractivity contribution is -0.122. The Kier molecular flexibility index (Phi) is 5.16. The number of rotatable bonds is 5. The van der Waals surface area contributed by atoms with E-state index in [1.165, 1.54) is 13.8 Å². The number of Topliss-reactive ketones (excluding diaryl/α,β-unsaturated/α-hetero) is 2. The van der Waals surface area contributed by atoms with Gasteiger partial charge >= 0.3 is 0 Å². The summed E-state index contributed by atoms with van der Waals surface area (Å²) in [5.41, 5.74) is 2.41. The standard InChI is InChI=1S/C21H20N2O4/c1-13(24)15-3-7-18(8-4-15)22-21(27)17-11-20(26)23(12-17)19-9-5-16(6-10-19)14(2)25/h3-10,17H,11-12H2,1-2H3,(H,22,27). The number of amides is 2. The first kappa shape index (κ1) is 18.5. The summed E-state index contributed by atoms with van der Waals surface area (Å²) in [7, 11) is 0. The van der Waals surface area contributed by atoms with Crippen molar-refractivity contribution in [3.05, 3.63) is 59.7 Å². The van der Waals surface area contributed by atoms with Crippen molar-refractivity contribution in [2.24, 2.45) is 5.92 Å². The van der Waals surface area contributed by atoms with E-state index in [1.807, 2.05) is 0 Å². The minimum absolute atomic E-state index is 0.0395. The molecule has 6 heteroatoms. The number of ketones is 2. The highest BCUT2D eigenvalue weighted by atomic mass is 16.2. The molecule has 1 fully saturated rings. The monoisotopic (exact) mass is 364 g/mol. The first-order chi connectivity index (χ1) is 12.8. The molecule has 2 aromatic rings. The lowest BCUT2D eigenvalue weighted by Gasteiger charge is -2.17. The molecule has 0 aromatic heterocycles. The zero-order chi connectivity index (χ0) is 19.6.